The highest BCUT2D eigenvalue weighted by atomic mass is 19.1. The van der Waals surface area contributed by atoms with E-state index in [2.05, 4.69) is 15.3 Å². The van der Waals surface area contributed by atoms with E-state index in [1.165, 1.54) is 23.0 Å². The number of piperazine rings is 1. The second-order valence-corrected chi connectivity index (χ2v) is 14.7. The second kappa shape index (κ2) is 13.6. The smallest absolute Gasteiger partial charge is 0.410 e. The number of ether oxygens (including phenoxy) is 4. The molecule has 3 unspecified atom stereocenters. The first-order valence-electron chi connectivity index (χ1n) is 17.2. The maximum atomic E-state index is 17.1. The molecule has 3 aliphatic heterocycles. The number of likely N-dealkylation sites (tertiary alicyclic amines) is 1. The Morgan fingerprint density at radius 1 is 1.06 bits per heavy atom. The number of benzene rings is 3. The van der Waals surface area contributed by atoms with Crippen molar-refractivity contribution in [2.24, 2.45) is 11.1 Å². The van der Waals surface area contributed by atoms with Gasteiger partial charge in [0.1, 0.15) is 34.7 Å². The number of hydrogen-bond acceptors (Lipinski definition) is 10. The fourth-order valence-electron chi connectivity index (χ4n) is 7.52. The van der Waals surface area contributed by atoms with Gasteiger partial charge in [0.25, 0.3) is 0 Å². The zero-order valence-corrected chi connectivity index (χ0v) is 29.7. The molecule has 4 N–H and O–H groups in total. The monoisotopic (exact) mass is 734 g/mol. The van der Waals surface area contributed by atoms with Crippen LogP contribution in [0.2, 0.25) is 0 Å². The van der Waals surface area contributed by atoms with Crippen molar-refractivity contribution >= 4 is 39.8 Å². The van der Waals surface area contributed by atoms with Gasteiger partial charge in [0, 0.05) is 38.2 Å². The van der Waals surface area contributed by atoms with Crippen LogP contribution in [0.15, 0.2) is 42.5 Å². The molecule has 4 heterocycles. The lowest BCUT2D eigenvalue weighted by atomic mass is 9.80. The van der Waals surface area contributed by atoms with Gasteiger partial charge in [0.2, 0.25) is 5.91 Å². The van der Waals surface area contributed by atoms with E-state index in [0.29, 0.717) is 35.9 Å². The minimum atomic E-state index is -1.33. The van der Waals surface area contributed by atoms with Crippen LogP contribution in [0.25, 0.3) is 32.8 Å². The Morgan fingerprint density at radius 2 is 1.81 bits per heavy atom. The molecule has 4 aromatic rings. The van der Waals surface area contributed by atoms with E-state index in [0.717, 1.165) is 6.07 Å². The van der Waals surface area contributed by atoms with E-state index < -0.39 is 52.8 Å². The summed E-state index contributed by atoms with van der Waals surface area (Å²) >= 11 is 0. The number of nitrogens with two attached hydrogens (primary N) is 1. The number of hydrogen-bond donors (Lipinski definition) is 3. The molecule has 0 spiro atoms. The number of carbonyl (C=O) groups is 3. The third kappa shape index (κ3) is 6.61. The average molecular weight is 735 g/mol. The molecule has 280 valence electrons. The molecular formula is C37H40F2N6O8. The van der Waals surface area contributed by atoms with E-state index in [4.69, 9.17) is 24.7 Å². The molecule has 16 heteroatoms. The van der Waals surface area contributed by atoms with Crippen LogP contribution in [0.5, 0.6) is 11.8 Å². The number of rotatable bonds is 9. The maximum Gasteiger partial charge on any atom is 0.410 e. The predicted molar refractivity (Wildman–Crippen MR) is 187 cm³/mol. The topological polar surface area (TPSA) is 179 Å². The summed E-state index contributed by atoms with van der Waals surface area (Å²) in [7, 11) is 1.46. The van der Waals surface area contributed by atoms with Crippen LogP contribution in [0.1, 0.15) is 45.3 Å². The first-order valence-corrected chi connectivity index (χ1v) is 17.2. The van der Waals surface area contributed by atoms with Gasteiger partial charge in [-0.3, -0.25) is 9.69 Å². The van der Waals surface area contributed by atoms with Crippen molar-refractivity contribution < 1.29 is 47.2 Å². The molecule has 53 heavy (non-hydrogen) atoms. The fraction of sp³-hybridized carbons (Fsp3) is 0.432. The van der Waals surface area contributed by atoms with E-state index in [-0.39, 0.29) is 66.3 Å². The SMILES string of the molecule is COCOc1cc(-c2c(F)cc3c(C4NCC5CCC4N5C(=O)O)nc(OCC4(C(N)=O)CN(C(=O)OC(C)(C)C)C4)nc3c2F)c2ccccc2c1. The molecular weight excluding hydrogens is 694 g/mol. The van der Waals surface area contributed by atoms with E-state index in [1.54, 1.807) is 51.1 Å². The van der Waals surface area contributed by atoms with E-state index >= 15 is 8.78 Å². The number of aromatic nitrogens is 2. The summed E-state index contributed by atoms with van der Waals surface area (Å²) in [5, 5.41) is 14.6. The first-order chi connectivity index (χ1) is 25.2. The van der Waals surface area contributed by atoms with Crippen molar-refractivity contribution in [1.82, 2.24) is 25.1 Å². The van der Waals surface area contributed by atoms with Crippen LogP contribution < -0.4 is 20.5 Å². The van der Waals surface area contributed by atoms with Gasteiger partial charge in [0.15, 0.2) is 12.6 Å². The van der Waals surface area contributed by atoms with Crippen molar-refractivity contribution in [2.45, 2.75) is 57.3 Å². The van der Waals surface area contributed by atoms with Gasteiger partial charge in [-0.1, -0.05) is 24.3 Å². The Morgan fingerprint density at radius 3 is 2.51 bits per heavy atom. The number of halogens is 2. The molecule has 3 amide bonds. The quantitative estimate of drug-likeness (QED) is 0.198. The van der Waals surface area contributed by atoms with Crippen molar-refractivity contribution in [3.63, 3.8) is 0 Å². The molecule has 0 saturated carbocycles. The maximum absolute atomic E-state index is 17.1. The molecule has 0 aliphatic carbocycles. The van der Waals surface area contributed by atoms with Crippen molar-refractivity contribution in [3.8, 4) is 22.9 Å². The van der Waals surface area contributed by atoms with Gasteiger partial charge in [-0.25, -0.2) is 18.4 Å². The van der Waals surface area contributed by atoms with Crippen molar-refractivity contribution in [3.05, 3.63) is 59.8 Å². The van der Waals surface area contributed by atoms with Crippen LogP contribution in [0, 0.1) is 17.0 Å². The number of nitrogens with zero attached hydrogens (tertiary/aromatic N) is 4. The number of primary amides is 1. The number of carbonyl (C=O) groups excluding carboxylic acids is 2. The minimum Gasteiger partial charge on any atom is -0.468 e. The molecule has 7 rings (SSSR count). The Labute approximate surface area is 303 Å². The highest BCUT2D eigenvalue weighted by Crippen LogP contribution is 2.43. The van der Waals surface area contributed by atoms with Crippen LogP contribution in [-0.2, 0) is 14.3 Å². The van der Waals surface area contributed by atoms with Crippen LogP contribution in [0.4, 0.5) is 18.4 Å². The third-order valence-electron chi connectivity index (χ3n) is 10.00. The van der Waals surface area contributed by atoms with Crippen LogP contribution in [-0.4, -0.2) is 101 Å². The summed E-state index contributed by atoms with van der Waals surface area (Å²) in [5.41, 5.74) is 3.37. The molecule has 0 radical (unpaired) electrons. The van der Waals surface area contributed by atoms with Crippen molar-refractivity contribution in [2.75, 3.05) is 40.1 Å². The van der Waals surface area contributed by atoms with Gasteiger partial charge in [-0.2, -0.15) is 9.97 Å². The van der Waals surface area contributed by atoms with E-state index in [9.17, 15) is 19.5 Å². The first kappa shape index (κ1) is 36.0. The molecule has 3 saturated heterocycles. The molecule has 1 aromatic heterocycles. The zero-order chi connectivity index (χ0) is 37.8. The fourth-order valence-corrected chi connectivity index (χ4v) is 7.52. The molecule has 3 fully saturated rings. The Bertz CT molecular complexity index is 2120. The third-order valence-corrected chi connectivity index (χ3v) is 10.00. The predicted octanol–water partition coefficient (Wildman–Crippen LogP) is 4.97. The van der Waals surface area contributed by atoms with E-state index in [1.807, 2.05) is 0 Å². The highest BCUT2D eigenvalue weighted by Gasteiger charge is 2.52. The summed E-state index contributed by atoms with van der Waals surface area (Å²) in [4.78, 5) is 49.4. The van der Waals surface area contributed by atoms with Gasteiger partial charge in [-0.15, -0.1) is 0 Å². The molecule has 3 aromatic carbocycles. The Kier molecular flexibility index (Phi) is 9.22. The summed E-state index contributed by atoms with van der Waals surface area (Å²) in [6.07, 6.45) is -0.640. The zero-order valence-electron chi connectivity index (χ0n) is 29.7. The standard InChI is InChI=1S/C37H40F2N6O8/c1-36(2,3)53-35(49)44-15-37(16-44,32(40)46)17-51-33-42-29-24(30(43-33)31-26-10-9-20(14-41-31)45(26)34(47)48)13-25(38)27(28(29)39)23-12-21(52-18-50-4)11-19-7-5-6-8-22(19)23/h5-8,11-13,20,26,31,41H,9-10,14-18H2,1-4H3,(H2,40,46)(H,47,48). The average Bonchev–Trinajstić information content (AvgIpc) is 3.39. The number of carboxylic acid groups (broad SMARTS) is 1. The number of amides is 3. The molecule has 3 aliphatic rings. The lowest BCUT2D eigenvalue weighted by molar-refractivity contribution is -0.140. The Balaban J connectivity index is 1.33. The number of methoxy groups -OCH3 is 1. The van der Waals surface area contributed by atoms with Crippen LogP contribution in [0.3, 0.4) is 0 Å². The highest BCUT2D eigenvalue weighted by molar-refractivity contribution is 6.00. The number of nitrogens with one attached hydrogen (secondary N) is 1. The lowest BCUT2D eigenvalue weighted by Crippen LogP contribution is -2.66. The lowest BCUT2D eigenvalue weighted by Gasteiger charge is -2.47. The second-order valence-electron chi connectivity index (χ2n) is 14.7. The largest absolute Gasteiger partial charge is 0.468 e. The molecule has 14 nitrogen and oxygen atoms in total. The summed E-state index contributed by atoms with van der Waals surface area (Å²) in [6.45, 7) is 4.80. The summed E-state index contributed by atoms with van der Waals surface area (Å²) < 4.78 is 55.7. The van der Waals surface area contributed by atoms with Gasteiger partial charge >= 0.3 is 18.2 Å². The van der Waals surface area contributed by atoms with Gasteiger partial charge < -0.3 is 40.0 Å². The van der Waals surface area contributed by atoms with Crippen LogP contribution >= 0.6 is 0 Å². The molecule has 2 bridgehead atoms. The minimum absolute atomic E-state index is 0.0183. The summed E-state index contributed by atoms with van der Waals surface area (Å²) in [6, 6.07) is 9.50. The van der Waals surface area contributed by atoms with Gasteiger partial charge in [-0.05, 0) is 68.1 Å². The van der Waals surface area contributed by atoms with Gasteiger partial charge in [0.05, 0.1) is 23.3 Å². The normalized spacial score (nSPS) is 20.7. The van der Waals surface area contributed by atoms with Crippen molar-refractivity contribution in [1.29, 1.82) is 0 Å². The summed E-state index contributed by atoms with van der Waals surface area (Å²) in [5.74, 6) is -2.33. The number of fused-ring (bicyclic) bond motifs is 4. The Hall–Kier alpha value is -5.35. The molecule has 3 atom stereocenters.